The minimum atomic E-state index is -0.545. The fourth-order valence-electron chi connectivity index (χ4n) is 2.78. The number of carbonyl (C=O) groups excluding carboxylic acids is 2. The van der Waals surface area contributed by atoms with E-state index >= 15 is 0 Å². The molecule has 3 rings (SSSR count). The van der Waals surface area contributed by atoms with Gasteiger partial charge in [0.05, 0.1) is 12.2 Å². The fourth-order valence-corrected chi connectivity index (χ4v) is 2.78. The Kier molecular flexibility index (Phi) is 6.84. The number of hydrogen-bond donors (Lipinski definition) is 3. The van der Waals surface area contributed by atoms with E-state index in [9.17, 15) is 9.59 Å². The molecule has 28 heavy (non-hydrogen) atoms. The second-order valence-corrected chi connectivity index (χ2v) is 6.18. The van der Waals surface area contributed by atoms with Crippen molar-refractivity contribution in [2.45, 2.75) is 6.42 Å². The highest BCUT2D eigenvalue weighted by Crippen LogP contribution is 2.22. The van der Waals surface area contributed by atoms with E-state index in [4.69, 9.17) is 4.74 Å². The Balaban J connectivity index is 1.33. The summed E-state index contributed by atoms with van der Waals surface area (Å²) >= 11 is 0. The maximum atomic E-state index is 12.0. The van der Waals surface area contributed by atoms with Gasteiger partial charge in [-0.1, -0.05) is 54.6 Å². The summed E-state index contributed by atoms with van der Waals surface area (Å²) in [5.74, 6) is -0.0958. The second-order valence-electron chi connectivity index (χ2n) is 6.18. The first-order chi connectivity index (χ1) is 13.7. The standard InChI is InChI=1S/C22H23N3O3/c26-21(13-14-23-18-9-2-1-3-10-18)24-15-16-28-22(27)25-20-12-6-8-17-7-4-5-11-19(17)20/h1-12,23H,13-16H2,(H,24,26)(H,25,27). The molecule has 3 N–H and O–H groups in total. The van der Waals surface area contributed by atoms with E-state index in [1.807, 2.05) is 72.8 Å². The molecule has 0 aliphatic carbocycles. The molecule has 0 aromatic heterocycles. The zero-order valence-corrected chi connectivity index (χ0v) is 15.5. The summed E-state index contributed by atoms with van der Waals surface area (Å²) in [5.41, 5.74) is 1.67. The summed E-state index contributed by atoms with van der Waals surface area (Å²) in [5, 5.41) is 10.6. The van der Waals surface area contributed by atoms with Crippen molar-refractivity contribution in [1.82, 2.24) is 5.32 Å². The molecular weight excluding hydrogens is 354 g/mol. The monoisotopic (exact) mass is 377 g/mol. The quantitative estimate of drug-likeness (QED) is 0.518. The molecule has 0 aliphatic rings. The molecular formula is C22H23N3O3. The van der Waals surface area contributed by atoms with Crippen LogP contribution in [-0.2, 0) is 9.53 Å². The van der Waals surface area contributed by atoms with Gasteiger partial charge in [0.1, 0.15) is 6.61 Å². The molecule has 3 aromatic carbocycles. The van der Waals surface area contributed by atoms with E-state index in [-0.39, 0.29) is 19.1 Å². The zero-order valence-electron chi connectivity index (χ0n) is 15.5. The lowest BCUT2D eigenvalue weighted by Gasteiger charge is -2.10. The van der Waals surface area contributed by atoms with E-state index in [0.29, 0.717) is 18.7 Å². The maximum Gasteiger partial charge on any atom is 0.411 e. The largest absolute Gasteiger partial charge is 0.447 e. The highest BCUT2D eigenvalue weighted by molar-refractivity contribution is 6.00. The number of ether oxygens (including phenoxy) is 1. The molecule has 0 saturated carbocycles. The number of hydrogen-bond acceptors (Lipinski definition) is 4. The molecule has 0 bridgehead atoms. The van der Waals surface area contributed by atoms with Crippen LogP contribution in [0.3, 0.4) is 0 Å². The van der Waals surface area contributed by atoms with Crippen LogP contribution in [0, 0.1) is 0 Å². The molecule has 0 radical (unpaired) electrons. The second kappa shape index (κ2) is 9.97. The Labute approximate surface area is 163 Å². The number of anilines is 2. The third kappa shape index (κ3) is 5.74. The van der Waals surface area contributed by atoms with Gasteiger partial charge in [-0.15, -0.1) is 0 Å². The molecule has 3 aromatic rings. The van der Waals surface area contributed by atoms with Crippen LogP contribution in [0.2, 0.25) is 0 Å². The van der Waals surface area contributed by atoms with Crippen molar-refractivity contribution < 1.29 is 14.3 Å². The van der Waals surface area contributed by atoms with E-state index in [1.54, 1.807) is 0 Å². The molecule has 0 fully saturated rings. The van der Waals surface area contributed by atoms with Gasteiger partial charge >= 0.3 is 6.09 Å². The molecule has 0 saturated heterocycles. The maximum absolute atomic E-state index is 12.0. The van der Waals surface area contributed by atoms with Gasteiger partial charge in [-0.2, -0.15) is 0 Å². The minimum Gasteiger partial charge on any atom is -0.447 e. The molecule has 0 heterocycles. The summed E-state index contributed by atoms with van der Waals surface area (Å²) in [6.45, 7) is 0.917. The van der Waals surface area contributed by atoms with Gasteiger partial charge in [-0.25, -0.2) is 4.79 Å². The number of carbonyl (C=O) groups is 2. The van der Waals surface area contributed by atoms with Crippen molar-refractivity contribution in [3.8, 4) is 0 Å². The van der Waals surface area contributed by atoms with Crippen LogP contribution >= 0.6 is 0 Å². The average molecular weight is 377 g/mol. The predicted molar refractivity (Wildman–Crippen MR) is 111 cm³/mol. The van der Waals surface area contributed by atoms with Crippen molar-refractivity contribution >= 4 is 34.1 Å². The first-order valence-electron chi connectivity index (χ1n) is 9.19. The van der Waals surface area contributed by atoms with Crippen LogP contribution in [0.1, 0.15) is 6.42 Å². The van der Waals surface area contributed by atoms with Gasteiger partial charge in [0.25, 0.3) is 0 Å². The van der Waals surface area contributed by atoms with Gasteiger partial charge in [-0.05, 0) is 23.6 Å². The van der Waals surface area contributed by atoms with Gasteiger partial charge in [0, 0.05) is 24.0 Å². The van der Waals surface area contributed by atoms with Crippen LogP contribution < -0.4 is 16.0 Å². The van der Waals surface area contributed by atoms with Crippen molar-refractivity contribution in [1.29, 1.82) is 0 Å². The lowest BCUT2D eigenvalue weighted by Crippen LogP contribution is -2.30. The fraction of sp³-hybridized carbons (Fsp3) is 0.182. The third-order valence-electron chi connectivity index (χ3n) is 4.14. The Bertz CT molecular complexity index is 923. The van der Waals surface area contributed by atoms with Crippen molar-refractivity contribution in [3.63, 3.8) is 0 Å². The molecule has 0 atom stereocenters. The summed E-state index contributed by atoms with van der Waals surface area (Å²) < 4.78 is 5.14. The van der Waals surface area contributed by atoms with Crippen LogP contribution in [0.15, 0.2) is 72.8 Å². The molecule has 0 spiro atoms. The van der Waals surface area contributed by atoms with Crippen LogP contribution in [0.25, 0.3) is 10.8 Å². The number of benzene rings is 3. The number of nitrogens with one attached hydrogen (secondary N) is 3. The first-order valence-corrected chi connectivity index (χ1v) is 9.19. The molecule has 0 unspecified atom stereocenters. The topological polar surface area (TPSA) is 79.5 Å². The van der Waals surface area contributed by atoms with Gasteiger partial charge in [0.2, 0.25) is 5.91 Å². The predicted octanol–water partition coefficient (Wildman–Crippen LogP) is 4.01. The lowest BCUT2D eigenvalue weighted by atomic mass is 10.1. The Morgan fingerprint density at radius 1 is 0.821 bits per heavy atom. The SMILES string of the molecule is O=C(CCNc1ccccc1)NCCOC(=O)Nc1cccc2ccccc12. The molecule has 6 heteroatoms. The summed E-state index contributed by atoms with van der Waals surface area (Å²) in [7, 11) is 0. The number of para-hydroxylation sites is 1. The minimum absolute atomic E-state index is 0.0958. The molecule has 0 aliphatic heterocycles. The Hall–Kier alpha value is -3.54. The van der Waals surface area contributed by atoms with Crippen molar-refractivity contribution in [2.24, 2.45) is 0 Å². The first kappa shape index (κ1) is 19.2. The average Bonchev–Trinajstić information content (AvgIpc) is 2.72. The molecule has 6 nitrogen and oxygen atoms in total. The van der Waals surface area contributed by atoms with Gasteiger partial charge in [0.15, 0.2) is 0 Å². The van der Waals surface area contributed by atoms with Crippen LogP contribution in [0.5, 0.6) is 0 Å². The van der Waals surface area contributed by atoms with E-state index in [2.05, 4.69) is 16.0 Å². The zero-order chi connectivity index (χ0) is 19.6. The van der Waals surface area contributed by atoms with E-state index in [0.717, 1.165) is 16.5 Å². The van der Waals surface area contributed by atoms with Gasteiger partial charge in [-0.3, -0.25) is 10.1 Å². The van der Waals surface area contributed by atoms with E-state index in [1.165, 1.54) is 0 Å². The van der Waals surface area contributed by atoms with Crippen molar-refractivity contribution in [3.05, 3.63) is 72.8 Å². The lowest BCUT2D eigenvalue weighted by molar-refractivity contribution is -0.120. The summed E-state index contributed by atoms with van der Waals surface area (Å²) in [4.78, 5) is 23.8. The highest BCUT2D eigenvalue weighted by Gasteiger charge is 2.07. The number of rotatable bonds is 8. The van der Waals surface area contributed by atoms with E-state index < -0.39 is 6.09 Å². The van der Waals surface area contributed by atoms with Crippen molar-refractivity contribution in [2.75, 3.05) is 30.3 Å². The van der Waals surface area contributed by atoms with Crippen LogP contribution in [0.4, 0.5) is 16.2 Å². The smallest absolute Gasteiger partial charge is 0.411 e. The number of amides is 2. The summed E-state index contributed by atoms with van der Waals surface area (Å²) in [6, 6.07) is 23.2. The normalized spacial score (nSPS) is 10.3. The van der Waals surface area contributed by atoms with Gasteiger partial charge < -0.3 is 15.4 Å². The highest BCUT2D eigenvalue weighted by atomic mass is 16.5. The number of fused-ring (bicyclic) bond motifs is 1. The summed E-state index contributed by atoms with van der Waals surface area (Å²) in [6.07, 6.45) is -0.201. The Morgan fingerprint density at radius 2 is 1.57 bits per heavy atom. The van der Waals surface area contributed by atoms with Crippen LogP contribution in [-0.4, -0.2) is 31.7 Å². The Morgan fingerprint density at radius 3 is 2.43 bits per heavy atom. The molecule has 2 amide bonds. The third-order valence-corrected chi connectivity index (χ3v) is 4.14. The molecule has 144 valence electrons.